The summed E-state index contributed by atoms with van der Waals surface area (Å²) < 4.78 is 5.76. The molecule has 0 aliphatic heterocycles. The summed E-state index contributed by atoms with van der Waals surface area (Å²) in [5.41, 5.74) is 3.46. The Labute approximate surface area is 137 Å². The monoisotopic (exact) mass is 309 g/mol. The normalized spacial score (nSPS) is 16.2. The molecule has 0 spiro atoms. The van der Waals surface area contributed by atoms with Crippen molar-refractivity contribution >= 4 is 11.6 Å². The second kappa shape index (κ2) is 6.86. The van der Waals surface area contributed by atoms with Gasteiger partial charge >= 0.3 is 0 Å². The number of aryl methyl sites for hydroxylation is 1. The lowest BCUT2D eigenvalue weighted by molar-refractivity contribution is -0.116. The van der Waals surface area contributed by atoms with Crippen LogP contribution in [0.3, 0.4) is 0 Å². The first kappa shape index (κ1) is 15.6. The van der Waals surface area contributed by atoms with Gasteiger partial charge < -0.3 is 10.1 Å². The summed E-state index contributed by atoms with van der Waals surface area (Å²) in [5, 5.41) is 3.01. The van der Waals surface area contributed by atoms with Crippen LogP contribution in [-0.4, -0.2) is 12.0 Å². The van der Waals surface area contributed by atoms with Crippen molar-refractivity contribution in [1.29, 1.82) is 0 Å². The molecule has 0 saturated carbocycles. The van der Waals surface area contributed by atoms with Gasteiger partial charge in [-0.3, -0.25) is 4.79 Å². The van der Waals surface area contributed by atoms with Crippen LogP contribution in [0.25, 0.3) is 0 Å². The lowest BCUT2D eigenvalue weighted by Gasteiger charge is -2.16. The Morgan fingerprint density at radius 2 is 1.91 bits per heavy atom. The third-order valence-electron chi connectivity index (χ3n) is 4.21. The SMILES string of the molecule is CC(C)Oc1ccccc1NC(=O)CC1CCc2ccccc21. The van der Waals surface area contributed by atoms with E-state index < -0.39 is 0 Å². The number of hydrogen-bond donors (Lipinski definition) is 1. The fourth-order valence-electron chi connectivity index (χ4n) is 3.21. The van der Waals surface area contributed by atoms with E-state index in [0.717, 1.165) is 24.3 Å². The summed E-state index contributed by atoms with van der Waals surface area (Å²) in [4.78, 5) is 12.4. The minimum atomic E-state index is 0.0477. The highest BCUT2D eigenvalue weighted by molar-refractivity contribution is 5.92. The summed E-state index contributed by atoms with van der Waals surface area (Å²) in [6, 6.07) is 16.0. The molecule has 0 fully saturated rings. The fraction of sp³-hybridized carbons (Fsp3) is 0.350. The summed E-state index contributed by atoms with van der Waals surface area (Å²) >= 11 is 0. The molecule has 120 valence electrons. The van der Waals surface area contributed by atoms with Crippen LogP contribution >= 0.6 is 0 Å². The molecule has 0 radical (unpaired) electrons. The van der Waals surface area contributed by atoms with Crippen LogP contribution in [0.5, 0.6) is 5.75 Å². The smallest absolute Gasteiger partial charge is 0.225 e. The quantitative estimate of drug-likeness (QED) is 0.881. The van der Waals surface area contributed by atoms with Crippen LogP contribution in [0, 0.1) is 0 Å². The Morgan fingerprint density at radius 1 is 1.17 bits per heavy atom. The molecular formula is C20H23NO2. The number of carbonyl (C=O) groups is 1. The molecule has 1 aliphatic rings. The Hall–Kier alpha value is -2.29. The standard InChI is InChI=1S/C20H23NO2/c1-14(2)23-19-10-6-5-9-18(19)21-20(22)13-16-12-11-15-7-3-4-8-17(15)16/h3-10,14,16H,11-13H2,1-2H3,(H,21,22). The zero-order valence-electron chi connectivity index (χ0n) is 13.7. The minimum Gasteiger partial charge on any atom is -0.489 e. The highest BCUT2D eigenvalue weighted by Gasteiger charge is 2.24. The van der Waals surface area contributed by atoms with Gasteiger partial charge in [0.15, 0.2) is 0 Å². The molecule has 1 amide bonds. The average molecular weight is 309 g/mol. The molecule has 3 nitrogen and oxygen atoms in total. The predicted octanol–water partition coefficient (Wildman–Crippen LogP) is 4.53. The van der Waals surface area contributed by atoms with Crippen LogP contribution in [0.1, 0.15) is 43.7 Å². The third-order valence-corrected chi connectivity index (χ3v) is 4.21. The molecule has 3 rings (SSSR count). The van der Waals surface area contributed by atoms with Crippen LogP contribution < -0.4 is 10.1 Å². The molecular weight excluding hydrogens is 286 g/mol. The second-order valence-electron chi connectivity index (χ2n) is 6.35. The average Bonchev–Trinajstić information content (AvgIpc) is 2.92. The van der Waals surface area contributed by atoms with Gasteiger partial charge in [-0.05, 0) is 55.9 Å². The summed E-state index contributed by atoms with van der Waals surface area (Å²) in [7, 11) is 0. The van der Waals surface area contributed by atoms with Gasteiger partial charge in [0.2, 0.25) is 5.91 Å². The largest absolute Gasteiger partial charge is 0.489 e. The van der Waals surface area contributed by atoms with Crippen molar-refractivity contribution in [2.24, 2.45) is 0 Å². The number of carbonyl (C=O) groups excluding carboxylic acids is 1. The first-order chi connectivity index (χ1) is 11.1. The number of ether oxygens (including phenoxy) is 1. The van der Waals surface area contributed by atoms with Crippen LogP contribution in [0.4, 0.5) is 5.69 Å². The highest BCUT2D eigenvalue weighted by Crippen LogP contribution is 2.35. The number of anilines is 1. The van der Waals surface area contributed by atoms with Gasteiger partial charge in [-0.15, -0.1) is 0 Å². The first-order valence-electron chi connectivity index (χ1n) is 8.27. The molecule has 1 N–H and O–H groups in total. The Kier molecular flexibility index (Phi) is 4.65. The van der Waals surface area contributed by atoms with Crippen molar-refractivity contribution in [3.8, 4) is 5.75 Å². The Morgan fingerprint density at radius 3 is 2.74 bits per heavy atom. The van der Waals surface area contributed by atoms with Crippen LogP contribution in [0.15, 0.2) is 48.5 Å². The van der Waals surface area contributed by atoms with Gasteiger partial charge in [-0.25, -0.2) is 0 Å². The topological polar surface area (TPSA) is 38.3 Å². The molecule has 23 heavy (non-hydrogen) atoms. The third kappa shape index (κ3) is 3.73. The molecule has 2 aromatic rings. The number of para-hydroxylation sites is 2. The molecule has 3 heteroatoms. The Bertz CT molecular complexity index is 694. The van der Waals surface area contributed by atoms with E-state index >= 15 is 0 Å². The zero-order chi connectivity index (χ0) is 16.2. The van der Waals surface area contributed by atoms with Crippen LogP contribution in [0.2, 0.25) is 0 Å². The molecule has 1 aliphatic carbocycles. The van der Waals surface area contributed by atoms with Crippen molar-refractivity contribution < 1.29 is 9.53 Å². The van der Waals surface area contributed by atoms with E-state index in [9.17, 15) is 4.79 Å². The van der Waals surface area contributed by atoms with E-state index in [1.807, 2.05) is 38.1 Å². The molecule has 0 saturated heterocycles. The molecule has 1 unspecified atom stereocenters. The van der Waals surface area contributed by atoms with Crippen molar-refractivity contribution in [2.45, 2.75) is 45.1 Å². The number of rotatable bonds is 5. The first-order valence-corrected chi connectivity index (χ1v) is 8.27. The number of amides is 1. The van der Waals surface area contributed by atoms with Crippen molar-refractivity contribution in [3.05, 3.63) is 59.7 Å². The van der Waals surface area contributed by atoms with E-state index in [4.69, 9.17) is 4.74 Å². The van der Waals surface area contributed by atoms with Gasteiger partial charge in [0.1, 0.15) is 5.75 Å². The van der Waals surface area contributed by atoms with Gasteiger partial charge in [0.25, 0.3) is 0 Å². The van der Waals surface area contributed by atoms with Gasteiger partial charge in [-0.1, -0.05) is 36.4 Å². The highest BCUT2D eigenvalue weighted by atomic mass is 16.5. The molecule has 0 aromatic heterocycles. The molecule has 1 atom stereocenters. The number of benzene rings is 2. The lowest BCUT2D eigenvalue weighted by atomic mass is 9.97. The maximum Gasteiger partial charge on any atom is 0.225 e. The maximum absolute atomic E-state index is 12.4. The molecule has 0 heterocycles. The minimum absolute atomic E-state index is 0.0477. The zero-order valence-corrected chi connectivity index (χ0v) is 13.7. The number of nitrogens with one attached hydrogen (secondary N) is 1. The fourth-order valence-corrected chi connectivity index (χ4v) is 3.21. The van der Waals surface area contributed by atoms with Gasteiger partial charge in [0, 0.05) is 6.42 Å². The van der Waals surface area contributed by atoms with E-state index in [-0.39, 0.29) is 12.0 Å². The van der Waals surface area contributed by atoms with E-state index in [0.29, 0.717) is 12.3 Å². The van der Waals surface area contributed by atoms with Gasteiger partial charge in [-0.2, -0.15) is 0 Å². The number of hydrogen-bond acceptors (Lipinski definition) is 2. The van der Waals surface area contributed by atoms with E-state index in [1.165, 1.54) is 11.1 Å². The summed E-state index contributed by atoms with van der Waals surface area (Å²) in [6.07, 6.45) is 2.72. The molecule has 2 aromatic carbocycles. The Balaban J connectivity index is 1.67. The van der Waals surface area contributed by atoms with Gasteiger partial charge in [0.05, 0.1) is 11.8 Å². The molecule has 0 bridgehead atoms. The van der Waals surface area contributed by atoms with E-state index in [1.54, 1.807) is 0 Å². The second-order valence-corrected chi connectivity index (χ2v) is 6.35. The number of fused-ring (bicyclic) bond motifs is 1. The lowest BCUT2D eigenvalue weighted by Crippen LogP contribution is -2.16. The van der Waals surface area contributed by atoms with Crippen molar-refractivity contribution in [2.75, 3.05) is 5.32 Å². The van der Waals surface area contributed by atoms with Crippen molar-refractivity contribution in [3.63, 3.8) is 0 Å². The van der Waals surface area contributed by atoms with Crippen molar-refractivity contribution in [1.82, 2.24) is 0 Å². The summed E-state index contributed by atoms with van der Waals surface area (Å²) in [6.45, 7) is 3.96. The summed E-state index contributed by atoms with van der Waals surface area (Å²) in [5.74, 6) is 1.10. The van der Waals surface area contributed by atoms with Crippen LogP contribution in [-0.2, 0) is 11.2 Å². The predicted molar refractivity (Wildman–Crippen MR) is 93.0 cm³/mol. The van der Waals surface area contributed by atoms with E-state index in [2.05, 4.69) is 29.6 Å². The maximum atomic E-state index is 12.4.